The van der Waals surface area contributed by atoms with Gasteiger partial charge in [-0.1, -0.05) is 23.4 Å². The number of nitrogens with zero attached hydrogens (tertiary/aromatic N) is 2. The van der Waals surface area contributed by atoms with E-state index >= 15 is 0 Å². The highest BCUT2D eigenvalue weighted by Crippen LogP contribution is 2.20. The monoisotopic (exact) mass is 350 g/mol. The normalized spacial score (nSPS) is 12.0. The molecule has 0 N–H and O–H groups in total. The van der Waals surface area contributed by atoms with Gasteiger partial charge in [0.1, 0.15) is 35.4 Å². The van der Waals surface area contributed by atoms with Gasteiger partial charge in [-0.2, -0.15) is 4.98 Å². The molecule has 0 radical (unpaired) electrons. The number of allylic oxidation sites excluding steroid dienone is 5. The van der Waals surface area contributed by atoms with Crippen LogP contribution in [0.15, 0.2) is 34.7 Å². The summed E-state index contributed by atoms with van der Waals surface area (Å²) in [6, 6.07) is 0. The molecule has 0 atom stereocenters. The van der Waals surface area contributed by atoms with Crippen LogP contribution in [0.4, 0.5) is 4.39 Å². The third-order valence-electron chi connectivity index (χ3n) is 1.76. The van der Waals surface area contributed by atoms with Crippen molar-refractivity contribution in [2.24, 2.45) is 0 Å². The van der Waals surface area contributed by atoms with Crippen molar-refractivity contribution in [1.29, 1.82) is 0 Å². The molecule has 0 aliphatic heterocycles. The van der Waals surface area contributed by atoms with Gasteiger partial charge in [0.25, 0.3) is 5.89 Å². The average molecular weight is 350 g/mol. The van der Waals surface area contributed by atoms with Crippen molar-refractivity contribution in [2.75, 3.05) is 0 Å². The Kier molecular flexibility index (Phi) is 5.49. The Bertz CT molecular complexity index is 462. The van der Waals surface area contributed by atoms with Gasteiger partial charge in [0.05, 0.1) is 5.57 Å². The second-order valence-corrected chi connectivity index (χ2v) is 4.08. The van der Waals surface area contributed by atoms with Gasteiger partial charge >= 0.3 is 0 Å². The van der Waals surface area contributed by atoms with Gasteiger partial charge < -0.3 is 7.59 Å². The Balaban J connectivity index is 3.08. The van der Waals surface area contributed by atoms with Crippen molar-refractivity contribution in [1.82, 2.24) is 10.1 Å². The first kappa shape index (κ1) is 14.0. The third kappa shape index (κ3) is 4.04. The fourth-order valence-electron chi connectivity index (χ4n) is 1.10. The fourth-order valence-corrected chi connectivity index (χ4v) is 1.36. The van der Waals surface area contributed by atoms with Gasteiger partial charge in [-0.05, 0) is 19.9 Å². The number of rotatable bonds is 5. The van der Waals surface area contributed by atoms with E-state index in [4.69, 9.17) is 7.59 Å². The van der Waals surface area contributed by atoms with Crippen LogP contribution < -0.4 is 0 Å². The Morgan fingerprint density at radius 3 is 2.82 bits per heavy atom. The Morgan fingerprint density at radius 2 is 2.29 bits per heavy atom. The smallest absolute Gasteiger partial charge is 0.254 e. The summed E-state index contributed by atoms with van der Waals surface area (Å²) in [4.78, 5) is 3.99. The standard InChI is InChI=1S/C11H12FIN2O2/c1-4-8(9(12)5-7(2)3)11-14-10(6-16-13)17-15-11/h4-5H,1,6H2,2-3H3/b9-8-. The summed E-state index contributed by atoms with van der Waals surface area (Å²) in [5, 5.41) is 3.67. The second kappa shape index (κ2) is 6.65. The molecule has 92 valence electrons. The van der Waals surface area contributed by atoms with E-state index in [1.165, 1.54) is 12.2 Å². The minimum atomic E-state index is -0.442. The van der Waals surface area contributed by atoms with Crippen LogP contribution in [-0.2, 0) is 9.67 Å². The minimum absolute atomic E-state index is 0.165. The van der Waals surface area contributed by atoms with Crippen molar-refractivity contribution in [3.05, 3.63) is 41.8 Å². The zero-order chi connectivity index (χ0) is 12.8. The molecule has 0 aromatic carbocycles. The van der Waals surface area contributed by atoms with E-state index in [2.05, 4.69) is 16.7 Å². The van der Waals surface area contributed by atoms with Gasteiger partial charge in [0.15, 0.2) is 0 Å². The van der Waals surface area contributed by atoms with Gasteiger partial charge in [0, 0.05) is 0 Å². The molecule has 1 aromatic rings. The molecule has 0 saturated heterocycles. The maximum Gasteiger partial charge on any atom is 0.254 e. The van der Waals surface area contributed by atoms with Crippen LogP contribution in [-0.4, -0.2) is 10.1 Å². The lowest BCUT2D eigenvalue weighted by Gasteiger charge is -1.96. The lowest BCUT2D eigenvalue weighted by atomic mass is 10.2. The van der Waals surface area contributed by atoms with Crippen LogP contribution in [0.5, 0.6) is 0 Å². The summed E-state index contributed by atoms with van der Waals surface area (Å²) in [6.07, 6.45) is 2.75. The van der Waals surface area contributed by atoms with Crippen LogP contribution in [0, 0.1) is 0 Å². The van der Waals surface area contributed by atoms with E-state index < -0.39 is 5.83 Å². The lowest BCUT2D eigenvalue weighted by molar-refractivity contribution is 0.299. The largest absolute Gasteiger partial charge is 0.336 e. The molecule has 0 amide bonds. The summed E-state index contributed by atoms with van der Waals surface area (Å²) in [5.74, 6) is 0.0138. The minimum Gasteiger partial charge on any atom is -0.336 e. The van der Waals surface area contributed by atoms with Gasteiger partial charge in [0.2, 0.25) is 5.82 Å². The quantitative estimate of drug-likeness (QED) is 0.599. The molecule has 17 heavy (non-hydrogen) atoms. The molecule has 6 heteroatoms. The zero-order valence-corrected chi connectivity index (χ0v) is 11.7. The zero-order valence-electron chi connectivity index (χ0n) is 9.54. The van der Waals surface area contributed by atoms with Crippen molar-refractivity contribution in [3.8, 4) is 0 Å². The van der Waals surface area contributed by atoms with Crippen molar-refractivity contribution in [3.63, 3.8) is 0 Å². The van der Waals surface area contributed by atoms with E-state index in [1.807, 2.05) is 0 Å². The second-order valence-electron chi connectivity index (χ2n) is 3.45. The molecule has 1 aromatic heterocycles. The predicted molar refractivity (Wildman–Crippen MR) is 70.8 cm³/mol. The Morgan fingerprint density at radius 1 is 1.59 bits per heavy atom. The summed E-state index contributed by atoms with van der Waals surface area (Å²) in [7, 11) is 0. The molecule has 0 fully saturated rings. The fraction of sp³-hybridized carbons (Fsp3) is 0.273. The van der Waals surface area contributed by atoms with Crippen molar-refractivity contribution < 1.29 is 12.0 Å². The highest BCUT2D eigenvalue weighted by molar-refractivity contribution is 14.1. The molecule has 0 aliphatic rings. The lowest BCUT2D eigenvalue weighted by Crippen LogP contribution is -1.89. The predicted octanol–water partition coefficient (Wildman–Crippen LogP) is 3.77. The molecular weight excluding hydrogens is 338 g/mol. The molecule has 0 bridgehead atoms. The molecule has 1 rings (SSSR count). The van der Waals surface area contributed by atoms with Gasteiger partial charge in [-0.15, -0.1) is 0 Å². The maximum absolute atomic E-state index is 13.8. The van der Waals surface area contributed by atoms with Crippen LogP contribution in [0.25, 0.3) is 5.57 Å². The van der Waals surface area contributed by atoms with E-state index in [0.717, 1.165) is 5.57 Å². The number of hydrogen-bond donors (Lipinski definition) is 0. The van der Waals surface area contributed by atoms with Crippen LogP contribution in [0.2, 0.25) is 0 Å². The number of halogens is 2. The summed E-state index contributed by atoms with van der Waals surface area (Å²) >= 11 is 1.71. The van der Waals surface area contributed by atoms with Gasteiger partial charge in [-0.25, -0.2) is 4.39 Å². The van der Waals surface area contributed by atoms with E-state index in [-0.39, 0.29) is 18.0 Å². The summed E-state index contributed by atoms with van der Waals surface area (Å²) in [5.41, 5.74) is 1.04. The molecular formula is C11H12FIN2O2. The van der Waals surface area contributed by atoms with Crippen LogP contribution in [0.3, 0.4) is 0 Å². The highest BCUT2D eigenvalue weighted by Gasteiger charge is 2.12. The molecule has 0 spiro atoms. The van der Waals surface area contributed by atoms with Gasteiger partial charge in [-0.3, -0.25) is 0 Å². The number of aromatic nitrogens is 2. The summed E-state index contributed by atoms with van der Waals surface area (Å²) < 4.78 is 23.5. The molecule has 0 saturated carbocycles. The topological polar surface area (TPSA) is 48.2 Å². The summed E-state index contributed by atoms with van der Waals surface area (Å²) in [6.45, 7) is 7.32. The first-order valence-electron chi connectivity index (χ1n) is 4.82. The molecule has 0 aliphatic carbocycles. The van der Waals surface area contributed by atoms with Crippen molar-refractivity contribution >= 4 is 28.6 Å². The van der Waals surface area contributed by atoms with Crippen LogP contribution >= 0.6 is 23.0 Å². The average Bonchev–Trinajstić information content (AvgIpc) is 2.67. The first-order chi connectivity index (χ1) is 8.08. The molecule has 1 heterocycles. The highest BCUT2D eigenvalue weighted by atomic mass is 127. The van der Waals surface area contributed by atoms with Crippen molar-refractivity contribution in [2.45, 2.75) is 20.5 Å². The Hall–Kier alpha value is -1.02. The maximum atomic E-state index is 13.8. The van der Waals surface area contributed by atoms with Crippen LogP contribution in [0.1, 0.15) is 25.6 Å². The molecule has 0 unspecified atom stereocenters. The van der Waals surface area contributed by atoms with E-state index in [0.29, 0.717) is 5.89 Å². The number of hydrogen-bond acceptors (Lipinski definition) is 4. The third-order valence-corrected chi connectivity index (χ3v) is 2.08. The first-order valence-corrected chi connectivity index (χ1v) is 5.70. The molecule has 4 nitrogen and oxygen atoms in total. The van der Waals surface area contributed by atoms with E-state index in [1.54, 1.807) is 36.9 Å². The van der Waals surface area contributed by atoms with E-state index in [9.17, 15) is 4.39 Å². The Labute approximate surface area is 113 Å². The SMILES string of the molecule is C=C/C(=C(/F)C=C(C)C)c1noc(COI)n1.